The van der Waals surface area contributed by atoms with Crippen molar-refractivity contribution >= 4 is 0 Å². The minimum atomic E-state index is -0.246. The predicted molar refractivity (Wildman–Crippen MR) is 87.0 cm³/mol. The summed E-state index contributed by atoms with van der Waals surface area (Å²) >= 11 is 0. The highest BCUT2D eigenvalue weighted by Crippen LogP contribution is 2.44. The van der Waals surface area contributed by atoms with Gasteiger partial charge in [0, 0.05) is 29.3 Å². The fourth-order valence-corrected chi connectivity index (χ4v) is 3.88. The van der Waals surface area contributed by atoms with Crippen molar-refractivity contribution in [3.05, 3.63) is 59.2 Å². The Morgan fingerprint density at radius 1 is 1.22 bits per heavy atom. The second-order valence-corrected chi connectivity index (χ2v) is 6.64. The summed E-state index contributed by atoms with van der Waals surface area (Å²) in [6.07, 6.45) is 4.12. The van der Waals surface area contributed by atoms with E-state index in [1.54, 1.807) is 0 Å². The lowest BCUT2D eigenvalue weighted by molar-refractivity contribution is 0.206. The van der Waals surface area contributed by atoms with Crippen LogP contribution in [0.2, 0.25) is 0 Å². The van der Waals surface area contributed by atoms with Crippen molar-refractivity contribution in [1.82, 2.24) is 9.88 Å². The molecule has 4 rings (SSSR count). The first-order valence-electron chi connectivity index (χ1n) is 8.27. The first-order chi connectivity index (χ1) is 11.2. The van der Waals surface area contributed by atoms with Gasteiger partial charge in [-0.25, -0.2) is 4.39 Å². The molecule has 0 bridgehead atoms. The molecule has 1 unspecified atom stereocenters. The van der Waals surface area contributed by atoms with Gasteiger partial charge in [-0.3, -0.25) is 4.98 Å². The smallest absolute Gasteiger partial charge is 0.126 e. The topological polar surface area (TPSA) is 25.4 Å². The SMILES string of the molecule is CN1CCC(C2c3ccc(F)cc3OCc3cccnc32)CC1. The van der Waals surface area contributed by atoms with E-state index in [0.717, 1.165) is 42.8 Å². The molecule has 0 N–H and O–H groups in total. The maximum Gasteiger partial charge on any atom is 0.126 e. The molecule has 0 spiro atoms. The van der Waals surface area contributed by atoms with Crippen molar-refractivity contribution in [3.63, 3.8) is 0 Å². The second kappa shape index (κ2) is 5.93. The summed E-state index contributed by atoms with van der Waals surface area (Å²) in [5.74, 6) is 1.14. The fourth-order valence-electron chi connectivity index (χ4n) is 3.88. The van der Waals surface area contributed by atoms with Gasteiger partial charge in [0.2, 0.25) is 0 Å². The van der Waals surface area contributed by atoms with Gasteiger partial charge in [-0.05, 0) is 51.0 Å². The van der Waals surface area contributed by atoms with Crippen LogP contribution in [0.25, 0.3) is 0 Å². The van der Waals surface area contributed by atoms with Crippen molar-refractivity contribution in [3.8, 4) is 5.75 Å². The van der Waals surface area contributed by atoms with E-state index in [0.29, 0.717) is 18.3 Å². The number of nitrogens with zero attached hydrogens (tertiary/aromatic N) is 2. The van der Waals surface area contributed by atoms with Crippen LogP contribution in [0.15, 0.2) is 36.5 Å². The number of fused-ring (bicyclic) bond motifs is 2. The first kappa shape index (κ1) is 14.6. The molecule has 1 fully saturated rings. The average Bonchev–Trinajstić information content (AvgIpc) is 2.72. The van der Waals surface area contributed by atoms with Crippen molar-refractivity contribution < 1.29 is 9.13 Å². The van der Waals surface area contributed by atoms with E-state index in [4.69, 9.17) is 4.74 Å². The Kier molecular flexibility index (Phi) is 3.77. The molecular formula is C19H21FN2O. The highest BCUT2D eigenvalue weighted by Gasteiger charge is 2.34. The van der Waals surface area contributed by atoms with Crippen LogP contribution in [-0.2, 0) is 6.61 Å². The minimum Gasteiger partial charge on any atom is -0.488 e. The van der Waals surface area contributed by atoms with E-state index in [-0.39, 0.29) is 11.7 Å². The van der Waals surface area contributed by atoms with Crippen molar-refractivity contribution in [1.29, 1.82) is 0 Å². The quantitative estimate of drug-likeness (QED) is 0.805. The van der Waals surface area contributed by atoms with E-state index in [2.05, 4.69) is 23.0 Å². The van der Waals surface area contributed by atoms with Crippen LogP contribution in [-0.4, -0.2) is 30.0 Å². The highest BCUT2D eigenvalue weighted by molar-refractivity contribution is 5.45. The van der Waals surface area contributed by atoms with Gasteiger partial charge < -0.3 is 9.64 Å². The van der Waals surface area contributed by atoms with Crippen molar-refractivity contribution in [2.75, 3.05) is 20.1 Å². The molecular weight excluding hydrogens is 291 g/mol. The van der Waals surface area contributed by atoms with Gasteiger partial charge >= 0.3 is 0 Å². The zero-order valence-corrected chi connectivity index (χ0v) is 13.3. The molecule has 1 atom stereocenters. The van der Waals surface area contributed by atoms with Gasteiger partial charge in [0.15, 0.2) is 0 Å². The van der Waals surface area contributed by atoms with E-state index in [1.807, 2.05) is 18.3 Å². The lowest BCUT2D eigenvalue weighted by Crippen LogP contribution is -2.33. The van der Waals surface area contributed by atoms with Crippen LogP contribution < -0.4 is 4.74 Å². The number of rotatable bonds is 1. The van der Waals surface area contributed by atoms with E-state index >= 15 is 0 Å². The van der Waals surface area contributed by atoms with Gasteiger partial charge in [-0.2, -0.15) is 0 Å². The van der Waals surface area contributed by atoms with E-state index in [9.17, 15) is 4.39 Å². The molecule has 2 aliphatic rings. The van der Waals surface area contributed by atoms with Gasteiger partial charge in [-0.1, -0.05) is 12.1 Å². The lowest BCUT2D eigenvalue weighted by atomic mass is 9.77. The Labute approximate surface area is 136 Å². The molecule has 2 aliphatic heterocycles. The third-order valence-corrected chi connectivity index (χ3v) is 5.15. The molecule has 3 nitrogen and oxygen atoms in total. The van der Waals surface area contributed by atoms with Gasteiger partial charge in [0.05, 0.1) is 5.69 Å². The lowest BCUT2D eigenvalue weighted by Gasteiger charge is -2.34. The number of ether oxygens (including phenoxy) is 1. The molecule has 4 heteroatoms. The molecule has 3 heterocycles. The second-order valence-electron chi connectivity index (χ2n) is 6.64. The third-order valence-electron chi connectivity index (χ3n) is 5.15. The van der Waals surface area contributed by atoms with Gasteiger partial charge in [0.25, 0.3) is 0 Å². The Morgan fingerprint density at radius 3 is 2.87 bits per heavy atom. The number of hydrogen-bond acceptors (Lipinski definition) is 3. The molecule has 1 aromatic heterocycles. The summed E-state index contributed by atoms with van der Waals surface area (Å²) in [6, 6.07) is 8.97. The standard InChI is InChI=1S/C19H21FN2O/c1-22-9-6-13(7-10-22)18-16-5-4-15(20)11-17(16)23-12-14-3-2-8-21-19(14)18/h2-5,8,11,13,18H,6-7,9-10,12H2,1H3. The summed E-state index contributed by atoms with van der Waals surface area (Å²) in [7, 11) is 2.17. The molecule has 0 saturated carbocycles. The Bertz CT molecular complexity index is 710. The highest BCUT2D eigenvalue weighted by atomic mass is 19.1. The van der Waals surface area contributed by atoms with Crippen LogP contribution >= 0.6 is 0 Å². The largest absolute Gasteiger partial charge is 0.488 e. The van der Waals surface area contributed by atoms with Crippen molar-refractivity contribution in [2.45, 2.75) is 25.4 Å². The molecule has 23 heavy (non-hydrogen) atoms. The monoisotopic (exact) mass is 312 g/mol. The Balaban J connectivity index is 1.81. The zero-order valence-electron chi connectivity index (χ0n) is 13.3. The van der Waals surface area contributed by atoms with Crippen LogP contribution in [0.5, 0.6) is 5.75 Å². The number of benzene rings is 1. The van der Waals surface area contributed by atoms with E-state index < -0.39 is 0 Å². The molecule has 1 saturated heterocycles. The number of hydrogen-bond donors (Lipinski definition) is 0. The Morgan fingerprint density at radius 2 is 2.04 bits per heavy atom. The van der Waals surface area contributed by atoms with Crippen LogP contribution in [0.3, 0.4) is 0 Å². The first-order valence-corrected chi connectivity index (χ1v) is 8.27. The maximum atomic E-state index is 13.7. The molecule has 120 valence electrons. The normalized spacial score (nSPS) is 21.9. The summed E-state index contributed by atoms with van der Waals surface area (Å²) < 4.78 is 19.6. The molecule has 0 radical (unpaired) electrons. The number of likely N-dealkylation sites (tertiary alicyclic amines) is 1. The zero-order chi connectivity index (χ0) is 15.8. The predicted octanol–water partition coefficient (Wildman–Crippen LogP) is 3.59. The Hall–Kier alpha value is -1.94. The van der Waals surface area contributed by atoms with Crippen LogP contribution in [0, 0.1) is 11.7 Å². The van der Waals surface area contributed by atoms with Crippen LogP contribution in [0.4, 0.5) is 4.39 Å². The third kappa shape index (κ3) is 2.72. The summed E-state index contributed by atoms with van der Waals surface area (Å²) in [5.41, 5.74) is 3.30. The number of piperidine rings is 1. The van der Waals surface area contributed by atoms with Gasteiger partial charge in [-0.15, -0.1) is 0 Å². The van der Waals surface area contributed by atoms with Crippen molar-refractivity contribution in [2.24, 2.45) is 5.92 Å². The molecule has 0 aliphatic carbocycles. The molecule has 2 aromatic rings. The maximum absolute atomic E-state index is 13.7. The van der Waals surface area contributed by atoms with Crippen LogP contribution in [0.1, 0.15) is 35.6 Å². The van der Waals surface area contributed by atoms with E-state index in [1.165, 1.54) is 12.1 Å². The number of aromatic nitrogens is 1. The minimum absolute atomic E-state index is 0.193. The summed E-state index contributed by atoms with van der Waals surface area (Å²) in [5, 5.41) is 0. The molecule has 0 amide bonds. The molecule has 1 aromatic carbocycles. The van der Waals surface area contributed by atoms with Gasteiger partial charge in [0.1, 0.15) is 18.2 Å². The summed E-state index contributed by atoms with van der Waals surface area (Å²) in [6.45, 7) is 2.66. The fraction of sp³-hybridized carbons (Fsp3) is 0.421. The number of halogens is 1. The average molecular weight is 312 g/mol. The summed E-state index contributed by atoms with van der Waals surface area (Å²) in [4.78, 5) is 7.06. The number of pyridine rings is 1.